The number of aromatic nitrogens is 1. The quantitative estimate of drug-likeness (QED) is 0.335. The van der Waals surface area contributed by atoms with Gasteiger partial charge in [-0.25, -0.2) is 4.79 Å². The van der Waals surface area contributed by atoms with Gasteiger partial charge in [0, 0.05) is 34.1 Å². The number of benzene rings is 2. The molecular weight excluding hydrogens is 526 g/mol. The highest BCUT2D eigenvalue weighted by Crippen LogP contribution is 2.55. The minimum atomic E-state index is -0.813. The first-order valence-corrected chi connectivity index (χ1v) is 14.9. The molecule has 3 aromatic rings. The van der Waals surface area contributed by atoms with Crippen LogP contribution in [0.1, 0.15) is 71.7 Å². The third-order valence-corrected chi connectivity index (χ3v) is 10.1. The molecule has 2 heterocycles. The Kier molecular flexibility index (Phi) is 6.19. The molecule has 7 nitrogen and oxygen atoms in total. The monoisotopic (exact) mass is 559 g/mol. The van der Waals surface area contributed by atoms with Gasteiger partial charge >= 0.3 is 5.97 Å². The van der Waals surface area contributed by atoms with Crippen molar-refractivity contribution in [3.63, 3.8) is 0 Å². The smallest absolute Gasteiger partial charge is 0.328 e. The van der Waals surface area contributed by atoms with Crippen LogP contribution in [0.5, 0.6) is 0 Å². The van der Waals surface area contributed by atoms with Gasteiger partial charge in [-0.2, -0.15) is 0 Å². The third kappa shape index (κ3) is 4.12. The number of carbonyl (C=O) groups is 3. The lowest BCUT2D eigenvalue weighted by Crippen LogP contribution is -2.59. The van der Waals surface area contributed by atoms with Crippen LogP contribution in [0, 0.1) is 17.8 Å². The molecule has 4 aliphatic carbocycles. The van der Waals surface area contributed by atoms with Crippen molar-refractivity contribution < 1.29 is 19.1 Å². The SMILES string of the molecule is COC(=O)[C@H]1Cc2c([nH]c3ccccc23)C(c2ccc(C(=O)NC34CC5CC(CC(C5)C3)C4)cc2)N1C(=O)CCl. The number of hydrogen-bond donors (Lipinski definition) is 2. The summed E-state index contributed by atoms with van der Waals surface area (Å²) in [6.45, 7) is 0. The van der Waals surface area contributed by atoms with Crippen molar-refractivity contribution >= 4 is 40.3 Å². The van der Waals surface area contributed by atoms with Gasteiger partial charge in [0.25, 0.3) is 5.91 Å². The maximum absolute atomic E-state index is 13.5. The van der Waals surface area contributed by atoms with Crippen LogP contribution < -0.4 is 5.32 Å². The molecule has 0 saturated heterocycles. The second kappa shape index (κ2) is 9.65. The van der Waals surface area contributed by atoms with Crippen molar-refractivity contribution in [3.05, 3.63) is 70.9 Å². The van der Waals surface area contributed by atoms with E-state index < -0.39 is 18.1 Å². The van der Waals surface area contributed by atoms with Gasteiger partial charge in [-0.15, -0.1) is 11.6 Å². The fraction of sp³-hybridized carbons (Fsp3) is 0.469. The average Bonchev–Trinajstić information content (AvgIpc) is 3.33. The van der Waals surface area contributed by atoms with Crippen LogP contribution in [0.4, 0.5) is 0 Å². The molecule has 8 rings (SSSR count). The Bertz CT molecular complexity index is 1460. The molecule has 8 heteroatoms. The van der Waals surface area contributed by atoms with Crippen molar-refractivity contribution in [2.45, 2.75) is 62.6 Å². The summed E-state index contributed by atoms with van der Waals surface area (Å²) in [5.41, 5.74) is 4.11. The number of nitrogens with zero attached hydrogens (tertiary/aromatic N) is 1. The van der Waals surface area contributed by atoms with Crippen molar-refractivity contribution in [3.8, 4) is 0 Å². The van der Waals surface area contributed by atoms with Gasteiger partial charge in [0.05, 0.1) is 13.2 Å². The second-order valence-electron chi connectivity index (χ2n) is 12.4. The molecule has 2 aromatic carbocycles. The highest BCUT2D eigenvalue weighted by atomic mass is 35.5. The topological polar surface area (TPSA) is 91.5 Å². The lowest BCUT2D eigenvalue weighted by Gasteiger charge is -2.56. The number of hydrogen-bond acceptors (Lipinski definition) is 4. The van der Waals surface area contributed by atoms with E-state index in [-0.39, 0.29) is 23.2 Å². The van der Waals surface area contributed by atoms with E-state index in [0.717, 1.165) is 64.7 Å². The van der Waals surface area contributed by atoms with E-state index in [1.165, 1.54) is 26.4 Å². The predicted molar refractivity (Wildman–Crippen MR) is 152 cm³/mol. The molecule has 4 fully saturated rings. The summed E-state index contributed by atoms with van der Waals surface area (Å²) in [6, 6.07) is 14.0. The van der Waals surface area contributed by atoms with Crippen LogP contribution in [0.25, 0.3) is 10.9 Å². The molecule has 1 aromatic heterocycles. The van der Waals surface area contributed by atoms with E-state index in [1.54, 1.807) is 4.90 Å². The number of ether oxygens (including phenoxy) is 1. The Morgan fingerprint density at radius 3 is 2.27 bits per heavy atom. The van der Waals surface area contributed by atoms with E-state index >= 15 is 0 Å². The Morgan fingerprint density at radius 1 is 1.00 bits per heavy atom. The van der Waals surface area contributed by atoms with Crippen LogP contribution in [0.2, 0.25) is 0 Å². The molecule has 1 aliphatic heterocycles. The summed E-state index contributed by atoms with van der Waals surface area (Å²) in [5.74, 6) is 1.12. The number of alkyl halides is 1. The van der Waals surface area contributed by atoms with Crippen LogP contribution in [0.3, 0.4) is 0 Å². The van der Waals surface area contributed by atoms with E-state index in [0.29, 0.717) is 12.0 Å². The molecular formula is C32H34ClN3O4. The summed E-state index contributed by atoms with van der Waals surface area (Å²) in [6.07, 6.45) is 7.59. The number of para-hydroxylation sites is 1. The van der Waals surface area contributed by atoms with E-state index in [4.69, 9.17) is 16.3 Å². The number of fused-ring (bicyclic) bond motifs is 3. The highest BCUT2D eigenvalue weighted by Gasteiger charge is 2.51. The molecule has 0 spiro atoms. The lowest BCUT2D eigenvalue weighted by atomic mass is 9.53. The van der Waals surface area contributed by atoms with E-state index in [1.807, 2.05) is 48.5 Å². The Hall–Kier alpha value is -3.32. The summed E-state index contributed by atoms with van der Waals surface area (Å²) < 4.78 is 5.13. The fourth-order valence-corrected chi connectivity index (χ4v) is 8.86. The highest BCUT2D eigenvalue weighted by molar-refractivity contribution is 6.27. The maximum Gasteiger partial charge on any atom is 0.328 e. The molecule has 4 bridgehead atoms. The molecule has 5 aliphatic rings. The molecule has 40 heavy (non-hydrogen) atoms. The molecule has 1 unspecified atom stereocenters. The number of halogens is 1. The number of methoxy groups -OCH3 is 1. The van der Waals surface area contributed by atoms with Crippen molar-refractivity contribution in [2.24, 2.45) is 17.8 Å². The number of amides is 2. The number of esters is 1. The standard InChI is InChI=1S/C32H34ClN3O4/c1-40-31(39)26-13-24-23-4-2-3-5-25(23)34-28(24)29(36(26)27(37)17-33)21-6-8-22(9-7-21)30(38)35-32-14-18-10-19(15-32)12-20(11-18)16-32/h2-9,18-20,26,29,34H,10-17H2,1H3,(H,35,38)/t18?,19?,20?,26-,29?,32?/m1/s1. The minimum absolute atomic E-state index is 0.0374. The minimum Gasteiger partial charge on any atom is -0.467 e. The molecule has 4 saturated carbocycles. The zero-order valence-corrected chi connectivity index (χ0v) is 23.4. The van der Waals surface area contributed by atoms with E-state index in [9.17, 15) is 14.4 Å². The maximum atomic E-state index is 13.5. The predicted octanol–water partition coefficient (Wildman–Crippen LogP) is 5.12. The first kappa shape index (κ1) is 25.6. The number of carbonyl (C=O) groups excluding carboxylic acids is 3. The zero-order valence-electron chi connectivity index (χ0n) is 22.6. The number of H-pyrrole nitrogens is 1. The summed E-state index contributed by atoms with van der Waals surface area (Å²) >= 11 is 6.07. The zero-order chi connectivity index (χ0) is 27.6. The van der Waals surface area contributed by atoms with E-state index in [2.05, 4.69) is 10.3 Å². The van der Waals surface area contributed by atoms with Crippen molar-refractivity contribution in [1.82, 2.24) is 15.2 Å². The molecule has 2 N–H and O–H groups in total. The Balaban J connectivity index is 1.23. The van der Waals surface area contributed by atoms with Gasteiger partial charge in [-0.3, -0.25) is 9.59 Å². The fourth-order valence-electron chi connectivity index (χ4n) is 8.73. The number of aromatic amines is 1. The van der Waals surface area contributed by atoms with Gasteiger partial charge in [-0.05, 0) is 85.6 Å². The normalized spacial score (nSPS) is 30.2. The van der Waals surface area contributed by atoms with Crippen molar-refractivity contribution in [2.75, 3.05) is 13.0 Å². The largest absolute Gasteiger partial charge is 0.467 e. The Labute approximate surface area is 238 Å². The molecule has 208 valence electrons. The second-order valence-corrected chi connectivity index (χ2v) is 12.7. The van der Waals surface area contributed by atoms with Crippen LogP contribution in [0.15, 0.2) is 48.5 Å². The van der Waals surface area contributed by atoms with Gasteiger partial charge < -0.3 is 19.9 Å². The number of nitrogens with one attached hydrogen (secondary N) is 2. The summed E-state index contributed by atoms with van der Waals surface area (Å²) in [5, 5.41) is 4.47. The third-order valence-electron chi connectivity index (χ3n) is 9.91. The van der Waals surface area contributed by atoms with Crippen LogP contribution >= 0.6 is 11.6 Å². The number of rotatable bonds is 5. The van der Waals surface area contributed by atoms with Gasteiger partial charge in [0.2, 0.25) is 5.91 Å². The Morgan fingerprint density at radius 2 is 1.65 bits per heavy atom. The summed E-state index contributed by atoms with van der Waals surface area (Å²) in [4.78, 5) is 44.7. The van der Waals surface area contributed by atoms with Crippen LogP contribution in [-0.2, 0) is 20.7 Å². The molecule has 2 amide bonds. The van der Waals surface area contributed by atoms with Gasteiger partial charge in [0.1, 0.15) is 11.9 Å². The molecule has 0 radical (unpaired) electrons. The van der Waals surface area contributed by atoms with Gasteiger partial charge in [0.15, 0.2) is 0 Å². The first-order valence-electron chi connectivity index (χ1n) is 14.3. The van der Waals surface area contributed by atoms with Crippen LogP contribution in [-0.4, -0.2) is 52.2 Å². The van der Waals surface area contributed by atoms with Gasteiger partial charge in [-0.1, -0.05) is 30.3 Å². The van der Waals surface area contributed by atoms with Crippen molar-refractivity contribution in [1.29, 1.82) is 0 Å². The average molecular weight is 560 g/mol. The summed E-state index contributed by atoms with van der Waals surface area (Å²) in [7, 11) is 1.34. The lowest BCUT2D eigenvalue weighted by molar-refractivity contribution is -0.154. The first-order chi connectivity index (χ1) is 19.4. The molecule has 2 atom stereocenters.